The zero-order valence-electron chi connectivity index (χ0n) is 11.2. The third-order valence-corrected chi connectivity index (χ3v) is 2.71. The number of methoxy groups -OCH3 is 1. The summed E-state index contributed by atoms with van der Waals surface area (Å²) in [5, 5.41) is 2.90. The van der Waals surface area contributed by atoms with Crippen LogP contribution >= 0.6 is 0 Å². The molecule has 5 heteroatoms. The van der Waals surface area contributed by atoms with Gasteiger partial charge in [0.1, 0.15) is 5.75 Å². The van der Waals surface area contributed by atoms with Gasteiger partial charge in [-0.05, 0) is 38.1 Å². The van der Waals surface area contributed by atoms with E-state index in [0.29, 0.717) is 18.1 Å². The Bertz CT molecular complexity index is 570. The average Bonchev–Trinajstić information content (AvgIpc) is 2.44. The predicted molar refractivity (Wildman–Crippen MR) is 72.9 cm³/mol. The molecule has 0 saturated carbocycles. The highest BCUT2D eigenvalue weighted by Gasteiger charge is 2.12. The fourth-order valence-corrected chi connectivity index (χ4v) is 1.71. The lowest BCUT2D eigenvalue weighted by atomic mass is 10.2. The van der Waals surface area contributed by atoms with Crippen LogP contribution in [0.3, 0.4) is 0 Å². The molecule has 0 spiro atoms. The number of aromatic nitrogens is 2. The van der Waals surface area contributed by atoms with Crippen molar-refractivity contribution in [2.24, 2.45) is 0 Å². The summed E-state index contributed by atoms with van der Waals surface area (Å²) >= 11 is 0. The van der Waals surface area contributed by atoms with Crippen LogP contribution in [0.1, 0.15) is 12.6 Å². The maximum Gasteiger partial charge on any atom is 0.186 e. The third-order valence-electron chi connectivity index (χ3n) is 2.71. The summed E-state index contributed by atoms with van der Waals surface area (Å²) in [6.45, 7) is 4.13. The second-order valence-corrected chi connectivity index (χ2v) is 4.05. The SMILES string of the molecule is CCNc1nc(-c2ccc(OC)cc2)nc(C)c1F. The predicted octanol–water partition coefficient (Wildman–Crippen LogP) is 3.03. The minimum Gasteiger partial charge on any atom is -0.497 e. The highest BCUT2D eigenvalue weighted by atomic mass is 19.1. The Balaban J connectivity index is 2.43. The van der Waals surface area contributed by atoms with E-state index < -0.39 is 5.82 Å². The van der Waals surface area contributed by atoms with Crippen molar-refractivity contribution in [2.75, 3.05) is 19.0 Å². The molecule has 2 rings (SSSR count). The van der Waals surface area contributed by atoms with Gasteiger partial charge in [0, 0.05) is 12.1 Å². The molecule has 0 amide bonds. The van der Waals surface area contributed by atoms with Crippen molar-refractivity contribution in [3.05, 3.63) is 35.8 Å². The quantitative estimate of drug-likeness (QED) is 0.919. The van der Waals surface area contributed by atoms with Crippen LogP contribution in [-0.2, 0) is 0 Å². The molecule has 19 heavy (non-hydrogen) atoms. The van der Waals surface area contributed by atoms with Crippen LogP contribution in [0.25, 0.3) is 11.4 Å². The van der Waals surface area contributed by atoms with Gasteiger partial charge in [0.15, 0.2) is 17.5 Å². The van der Waals surface area contributed by atoms with Crippen molar-refractivity contribution in [3.8, 4) is 17.1 Å². The second-order valence-electron chi connectivity index (χ2n) is 4.05. The van der Waals surface area contributed by atoms with Gasteiger partial charge in [-0.3, -0.25) is 0 Å². The molecule has 1 aromatic heterocycles. The fraction of sp³-hybridized carbons (Fsp3) is 0.286. The number of benzene rings is 1. The first-order valence-corrected chi connectivity index (χ1v) is 6.08. The summed E-state index contributed by atoms with van der Waals surface area (Å²) in [5.74, 6) is 1.09. The highest BCUT2D eigenvalue weighted by Crippen LogP contribution is 2.23. The van der Waals surface area contributed by atoms with E-state index in [1.807, 2.05) is 31.2 Å². The minimum atomic E-state index is -0.404. The van der Waals surface area contributed by atoms with Crippen LogP contribution in [0, 0.1) is 12.7 Å². The van der Waals surface area contributed by atoms with Crippen molar-refractivity contribution in [1.82, 2.24) is 9.97 Å². The van der Waals surface area contributed by atoms with E-state index in [9.17, 15) is 4.39 Å². The van der Waals surface area contributed by atoms with Crippen molar-refractivity contribution >= 4 is 5.82 Å². The fourth-order valence-electron chi connectivity index (χ4n) is 1.71. The summed E-state index contributed by atoms with van der Waals surface area (Å²) in [6.07, 6.45) is 0. The van der Waals surface area contributed by atoms with Crippen molar-refractivity contribution in [1.29, 1.82) is 0 Å². The number of anilines is 1. The van der Waals surface area contributed by atoms with Crippen LogP contribution in [0.2, 0.25) is 0 Å². The van der Waals surface area contributed by atoms with Gasteiger partial charge in [-0.15, -0.1) is 0 Å². The Morgan fingerprint density at radius 1 is 1.21 bits per heavy atom. The molecule has 0 atom stereocenters. The first-order chi connectivity index (χ1) is 9.15. The monoisotopic (exact) mass is 261 g/mol. The topological polar surface area (TPSA) is 47.0 Å². The van der Waals surface area contributed by atoms with E-state index >= 15 is 0 Å². The maximum absolute atomic E-state index is 13.8. The minimum absolute atomic E-state index is 0.237. The number of hydrogen-bond donors (Lipinski definition) is 1. The molecule has 0 radical (unpaired) electrons. The van der Waals surface area contributed by atoms with Crippen LogP contribution < -0.4 is 10.1 Å². The van der Waals surface area contributed by atoms with E-state index in [1.165, 1.54) is 0 Å². The van der Waals surface area contributed by atoms with Gasteiger partial charge in [-0.25, -0.2) is 14.4 Å². The van der Waals surface area contributed by atoms with Crippen LogP contribution in [-0.4, -0.2) is 23.6 Å². The smallest absolute Gasteiger partial charge is 0.186 e. The normalized spacial score (nSPS) is 10.3. The molecular formula is C14H16FN3O. The number of nitrogens with zero attached hydrogens (tertiary/aromatic N) is 2. The molecule has 0 bridgehead atoms. The standard InChI is InChI=1S/C14H16FN3O/c1-4-16-14-12(15)9(2)17-13(18-14)10-5-7-11(19-3)8-6-10/h5-8H,4H2,1-3H3,(H,16,17,18). The van der Waals surface area contributed by atoms with E-state index in [4.69, 9.17) is 4.74 Å². The van der Waals surface area contributed by atoms with Gasteiger partial charge < -0.3 is 10.1 Å². The van der Waals surface area contributed by atoms with Crippen LogP contribution in [0.5, 0.6) is 5.75 Å². The zero-order valence-corrected chi connectivity index (χ0v) is 11.2. The molecule has 1 heterocycles. The molecule has 2 aromatic rings. The molecule has 1 aromatic carbocycles. The first-order valence-electron chi connectivity index (χ1n) is 6.08. The lowest BCUT2D eigenvalue weighted by molar-refractivity contribution is 0.415. The molecule has 0 fully saturated rings. The summed E-state index contributed by atoms with van der Waals surface area (Å²) in [4.78, 5) is 8.39. The molecule has 0 unspecified atom stereocenters. The molecule has 4 nitrogen and oxygen atoms in total. The number of ether oxygens (including phenoxy) is 1. The Morgan fingerprint density at radius 2 is 1.89 bits per heavy atom. The molecule has 1 N–H and O–H groups in total. The van der Waals surface area contributed by atoms with Crippen LogP contribution in [0.4, 0.5) is 10.2 Å². The van der Waals surface area contributed by atoms with Gasteiger partial charge in [0.05, 0.1) is 12.8 Å². The number of hydrogen-bond acceptors (Lipinski definition) is 4. The van der Waals surface area contributed by atoms with Gasteiger partial charge in [-0.2, -0.15) is 0 Å². The van der Waals surface area contributed by atoms with E-state index in [2.05, 4.69) is 15.3 Å². The highest BCUT2D eigenvalue weighted by molar-refractivity contribution is 5.59. The van der Waals surface area contributed by atoms with Crippen molar-refractivity contribution in [3.63, 3.8) is 0 Å². The lowest BCUT2D eigenvalue weighted by Crippen LogP contribution is -2.06. The van der Waals surface area contributed by atoms with Gasteiger partial charge in [0.25, 0.3) is 0 Å². The Morgan fingerprint density at radius 3 is 2.47 bits per heavy atom. The Kier molecular flexibility index (Phi) is 3.94. The Hall–Kier alpha value is -2.17. The summed E-state index contributed by atoms with van der Waals surface area (Å²) < 4.78 is 18.9. The Labute approximate surface area is 111 Å². The molecule has 0 aliphatic rings. The van der Waals surface area contributed by atoms with E-state index in [0.717, 1.165) is 11.3 Å². The second kappa shape index (κ2) is 5.65. The number of rotatable bonds is 4. The zero-order chi connectivity index (χ0) is 13.8. The largest absolute Gasteiger partial charge is 0.497 e. The number of aryl methyl sites for hydroxylation is 1. The van der Waals surface area contributed by atoms with Crippen molar-refractivity contribution in [2.45, 2.75) is 13.8 Å². The van der Waals surface area contributed by atoms with Gasteiger partial charge in [0.2, 0.25) is 0 Å². The lowest BCUT2D eigenvalue weighted by Gasteiger charge is -2.09. The molecule has 100 valence electrons. The summed E-state index contributed by atoms with van der Waals surface area (Å²) in [6, 6.07) is 7.34. The third kappa shape index (κ3) is 2.81. The number of nitrogens with one attached hydrogen (secondary N) is 1. The molecule has 0 saturated heterocycles. The first kappa shape index (κ1) is 13.3. The molecule has 0 aliphatic carbocycles. The summed E-state index contributed by atoms with van der Waals surface area (Å²) in [7, 11) is 1.61. The average molecular weight is 261 g/mol. The number of halogens is 1. The summed E-state index contributed by atoms with van der Waals surface area (Å²) in [5.41, 5.74) is 1.15. The van der Waals surface area contributed by atoms with Gasteiger partial charge >= 0.3 is 0 Å². The van der Waals surface area contributed by atoms with Gasteiger partial charge in [-0.1, -0.05) is 0 Å². The maximum atomic E-state index is 13.8. The van der Waals surface area contributed by atoms with Crippen molar-refractivity contribution < 1.29 is 9.13 Å². The molecule has 0 aliphatic heterocycles. The van der Waals surface area contributed by atoms with E-state index in [-0.39, 0.29) is 5.82 Å². The van der Waals surface area contributed by atoms with E-state index in [1.54, 1.807) is 14.0 Å². The molecular weight excluding hydrogens is 245 g/mol. The van der Waals surface area contributed by atoms with Crippen LogP contribution in [0.15, 0.2) is 24.3 Å².